The molecule has 0 spiro atoms. The van der Waals surface area contributed by atoms with Gasteiger partial charge in [-0.15, -0.1) is 0 Å². The minimum Gasteiger partial charge on any atom is -0.388 e. The van der Waals surface area contributed by atoms with Crippen molar-refractivity contribution in [3.8, 4) is 0 Å². The molecule has 2 atom stereocenters. The number of aryl methyl sites for hydroxylation is 1. The normalized spacial score (nSPS) is 18.5. The number of amides is 1. The van der Waals surface area contributed by atoms with Crippen molar-refractivity contribution >= 4 is 5.91 Å². The van der Waals surface area contributed by atoms with Gasteiger partial charge in [0, 0.05) is 19.2 Å². The van der Waals surface area contributed by atoms with Crippen LogP contribution >= 0.6 is 0 Å². The van der Waals surface area contributed by atoms with Crippen molar-refractivity contribution < 1.29 is 19.2 Å². The fourth-order valence-corrected chi connectivity index (χ4v) is 2.55. The first-order valence-corrected chi connectivity index (χ1v) is 7.60. The van der Waals surface area contributed by atoms with Gasteiger partial charge in [0.15, 0.2) is 0 Å². The van der Waals surface area contributed by atoms with Crippen LogP contribution in [0.4, 0.5) is 0 Å². The minimum atomic E-state index is -1.10. The number of ether oxygens (including phenoxy) is 1. The smallest absolute Gasteiger partial charge is 0.242 e. The first kappa shape index (κ1) is 16.9. The lowest BCUT2D eigenvalue weighted by Gasteiger charge is -2.34. The molecule has 0 aliphatic carbocycles. The summed E-state index contributed by atoms with van der Waals surface area (Å²) in [5.41, 5.74) is 5.61. The summed E-state index contributed by atoms with van der Waals surface area (Å²) in [6.45, 7) is 6.81. The number of aliphatic hydroxyl groups excluding tert-OH is 1. The van der Waals surface area contributed by atoms with E-state index >= 15 is 0 Å². The summed E-state index contributed by atoms with van der Waals surface area (Å²) in [4.78, 5) is 14.0. The molecule has 1 saturated heterocycles. The van der Waals surface area contributed by atoms with E-state index in [0.29, 0.717) is 24.5 Å². The van der Waals surface area contributed by atoms with Gasteiger partial charge in [-0.2, -0.15) is 0 Å². The topological polar surface area (TPSA) is 102 Å². The van der Waals surface area contributed by atoms with Crippen LogP contribution in [0.5, 0.6) is 0 Å². The Bertz CT molecular complexity index is 509. The first-order chi connectivity index (χ1) is 10.3. The third-order valence-electron chi connectivity index (χ3n) is 4.02. The Hall–Kier alpha value is -1.44. The molecular weight excluding hydrogens is 286 g/mol. The third-order valence-corrected chi connectivity index (χ3v) is 4.02. The number of carbonyl (C=O) groups is 1. The van der Waals surface area contributed by atoms with Crippen LogP contribution in [0, 0.1) is 6.92 Å². The second-order valence-corrected chi connectivity index (χ2v) is 6.32. The summed E-state index contributed by atoms with van der Waals surface area (Å²) in [5, 5.41) is 14.3. The van der Waals surface area contributed by atoms with Crippen LogP contribution in [0.2, 0.25) is 0 Å². The molecule has 1 fully saturated rings. The van der Waals surface area contributed by atoms with Crippen LogP contribution in [0.25, 0.3) is 0 Å². The number of hydrogen-bond donors (Lipinski definition) is 2. The molecule has 3 N–H and O–H groups in total. The van der Waals surface area contributed by atoms with E-state index in [1.165, 1.54) is 0 Å². The molecule has 2 heterocycles. The monoisotopic (exact) mass is 311 g/mol. The number of rotatable bonds is 6. The van der Waals surface area contributed by atoms with Gasteiger partial charge >= 0.3 is 0 Å². The first-order valence-electron chi connectivity index (χ1n) is 7.60. The Morgan fingerprint density at radius 1 is 1.55 bits per heavy atom. The molecular formula is C15H25N3O4. The zero-order valence-corrected chi connectivity index (χ0v) is 13.4. The van der Waals surface area contributed by atoms with E-state index in [-0.39, 0.29) is 12.5 Å². The zero-order valence-electron chi connectivity index (χ0n) is 13.4. The van der Waals surface area contributed by atoms with Crippen molar-refractivity contribution in [3.05, 3.63) is 17.5 Å². The molecule has 0 saturated carbocycles. The van der Waals surface area contributed by atoms with E-state index in [1.807, 2.05) is 0 Å². The molecule has 7 heteroatoms. The Morgan fingerprint density at radius 3 is 2.73 bits per heavy atom. The maximum Gasteiger partial charge on any atom is 0.242 e. The van der Waals surface area contributed by atoms with Gasteiger partial charge in [-0.1, -0.05) is 5.16 Å². The summed E-state index contributed by atoms with van der Waals surface area (Å²) in [6.07, 6.45) is 0.869. The summed E-state index contributed by atoms with van der Waals surface area (Å²) < 4.78 is 10.7. The predicted molar refractivity (Wildman–Crippen MR) is 79.9 cm³/mol. The molecule has 1 amide bonds. The number of carbonyl (C=O) groups excluding carboxylic acids is 1. The van der Waals surface area contributed by atoms with Crippen LogP contribution < -0.4 is 5.73 Å². The average Bonchev–Trinajstić information content (AvgIpc) is 3.14. The van der Waals surface area contributed by atoms with E-state index in [0.717, 1.165) is 12.8 Å². The highest BCUT2D eigenvalue weighted by Crippen LogP contribution is 2.21. The lowest BCUT2D eigenvalue weighted by Crippen LogP contribution is -2.57. The van der Waals surface area contributed by atoms with Gasteiger partial charge in [-0.05, 0) is 33.6 Å². The van der Waals surface area contributed by atoms with Gasteiger partial charge in [0.1, 0.15) is 23.6 Å². The lowest BCUT2D eigenvalue weighted by molar-refractivity contribution is -0.147. The van der Waals surface area contributed by atoms with Gasteiger partial charge in [0.05, 0.1) is 12.2 Å². The molecule has 0 aromatic carbocycles. The third kappa shape index (κ3) is 3.85. The SMILES string of the molecule is Cc1cc(COC(C)(C)C(O)[C@H](N)C(=O)N2CCCC2)no1. The van der Waals surface area contributed by atoms with Gasteiger partial charge in [0.2, 0.25) is 5.91 Å². The summed E-state index contributed by atoms with van der Waals surface area (Å²) >= 11 is 0. The van der Waals surface area contributed by atoms with Gasteiger partial charge in [0.25, 0.3) is 0 Å². The standard InChI is InChI=1S/C15H25N3O4/c1-10-8-11(17-22-10)9-21-15(2,3)13(19)12(16)14(20)18-6-4-5-7-18/h8,12-13,19H,4-7,9,16H2,1-3H3/t12-,13?/m0/s1. The van der Waals surface area contributed by atoms with E-state index in [9.17, 15) is 9.90 Å². The number of likely N-dealkylation sites (tertiary alicyclic amines) is 1. The Balaban J connectivity index is 1.93. The predicted octanol–water partition coefficient (Wildman–Crippen LogP) is 0.589. The van der Waals surface area contributed by atoms with Crippen LogP contribution in [0.1, 0.15) is 38.1 Å². The molecule has 22 heavy (non-hydrogen) atoms. The molecule has 1 aromatic rings. The molecule has 0 bridgehead atoms. The number of aliphatic hydroxyl groups is 1. The Kier molecular flexibility index (Phi) is 5.20. The van der Waals surface area contributed by atoms with Crippen molar-refractivity contribution in [2.75, 3.05) is 13.1 Å². The second kappa shape index (κ2) is 6.76. The number of aromatic nitrogens is 1. The van der Waals surface area contributed by atoms with E-state index in [4.69, 9.17) is 15.0 Å². The number of hydrogen-bond acceptors (Lipinski definition) is 6. The van der Waals surface area contributed by atoms with Crippen LogP contribution in [0.3, 0.4) is 0 Å². The molecule has 124 valence electrons. The second-order valence-electron chi connectivity index (χ2n) is 6.32. The van der Waals surface area contributed by atoms with Crippen molar-refractivity contribution in [2.45, 2.75) is 58.0 Å². The van der Waals surface area contributed by atoms with Gasteiger partial charge < -0.3 is 25.0 Å². The van der Waals surface area contributed by atoms with Crippen LogP contribution in [-0.2, 0) is 16.1 Å². The summed E-state index contributed by atoms with van der Waals surface area (Å²) in [6, 6.07) is 0.768. The highest BCUT2D eigenvalue weighted by Gasteiger charge is 2.39. The molecule has 1 aromatic heterocycles. The Labute approximate surface area is 130 Å². The molecule has 1 aliphatic rings. The maximum absolute atomic E-state index is 12.3. The molecule has 1 aliphatic heterocycles. The summed E-state index contributed by atoms with van der Waals surface area (Å²) in [5.74, 6) is 0.469. The molecule has 1 unspecified atom stereocenters. The maximum atomic E-state index is 12.3. The Morgan fingerprint density at radius 2 is 2.18 bits per heavy atom. The zero-order chi connectivity index (χ0) is 16.3. The largest absolute Gasteiger partial charge is 0.388 e. The fourth-order valence-electron chi connectivity index (χ4n) is 2.55. The van der Waals surface area contributed by atoms with Crippen LogP contribution in [0.15, 0.2) is 10.6 Å². The molecule has 0 radical (unpaired) electrons. The van der Waals surface area contributed by atoms with Crippen molar-refractivity contribution in [3.63, 3.8) is 0 Å². The van der Waals surface area contributed by atoms with E-state index in [2.05, 4.69) is 5.16 Å². The van der Waals surface area contributed by atoms with Crippen molar-refractivity contribution in [2.24, 2.45) is 5.73 Å². The molecule has 7 nitrogen and oxygen atoms in total. The summed E-state index contributed by atoms with van der Waals surface area (Å²) in [7, 11) is 0. The van der Waals surface area contributed by atoms with Crippen molar-refractivity contribution in [1.82, 2.24) is 10.1 Å². The van der Waals surface area contributed by atoms with E-state index in [1.54, 1.807) is 31.7 Å². The van der Waals surface area contributed by atoms with E-state index < -0.39 is 17.7 Å². The number of nitrogens with two attached hydrogens (primary N) is 1. The minimum absolute atomic E-state index is 0.187. The van der Waals surface area contributed by atoms with Gasteiger partial charge in [-0.25, -0.2) is 0 Å². The fraction of sp³-hybridized carbons (Fsp3) is 0.733. The highest BCUT2D eigenvalue weighted by atomic mass is 16.5. The van der Waals surface area contributed by atoms with Crippen molar-refractivity contribution in [1.29, 1.82) is 0 Å². The molecule has 2 rings (SSSR count). The average molecular weight is 311 g/mol. The highest BCUT2D eigenvalue weighted by molar-refractivity contribution is 5.82. The van der Waals surface area contributed by atoms with Gasteiger partial charge in [-0.3, -0.25) is 4.79 Å². The lowest BCUT2D eigenvalue weighted by atomic mass is 9.94. The quantitative estimate of drug-likeness (QED) is 0.797. The number of nitrogens with zero attached hydrogens (tertiary/aromatic N) is 2. The van der Waals surface area contributed by atoms with Crippen LogP contribution in [-0.4, -0.2) is 51.9 Å².